The predicted molar refractivity (Wildman–Crippen MR) is 98.7 cm³/mol. The summed E-state index contributed by atoms with van der Waals surface area (Å²) in [6.45, 7) is 1.26. The summed E-state index contributed by atoms with van der Waals surface area (Å²) in [5.41, 5.74) is 1.21. The minimum Gasteiger partial charge on any atom is -0.508 e. The number of benzene rings is 2. The molecular weight excluding hydrogens is 344 g/mol. The second-order valence-electron chi connectivity index (χ2n) is 6.84. The third kappa shape index (κ3) is 4.45. The van der Waals surface area contributed by atoms with Gasteiger partial charge in [-0.2, -0.15) is 5.26 Å². The monoisotopic (exact) mass is 364 g/mol. The number of hydrogen-bond acceptors (Lipinski definition) is 5. The van der Waals surface area contributed by atoms with Gasteiger partial charge in [-0.05, 0) is 61.1 Å². The first-order chi connectivity index (χ1) is 12.9. The van der Waals surface area contributed by atoms with Crippen LogP contribution in [0.2, 0.25) is 0 Å². The first kappa shape index (κ1) is 18.5. The quantitative estimate of drug-likeness (QED) is 0.768. The van der Waals surface area contributed by atoms with E-state index < -0.39 is 24.0 Å². The summed E-state index contributed by atoms with van der Waals surface area (Å²) in [6.07, 6.45) is 1.83. The largest absolute Gasteiger partial charge is 0.508 e. The molecule has 0 spiro atoms. The lowest BCUT2D eigenvalue weighted by molar-refractivity contribution is -0.125. The van der Waals surface area contributed by atoms with Crippen molar-refractivity contribution in [1.29, 1.82) is 5.26 Å². The smallest absolute Gasteiger partial charge is 0.338 e. The molecule has 0 unspecified atom stereocenters. The van der Waals surface area contributed by atoms with Gasteiger partial charge in [0.05, 0.1) is 11.6 Å². The van der Waals surface area contributed by atoms with Gasteiger partial charge in [0.15, 0.2) is 6.61 Å². The summed E-state index contributed by atoms with van der Waals surface area (Å²) < 4.78 is 5.05. The first-order valence-corrected chi connectivity index (χ1v) is 8.70. The van der Waals surface area contributed by atoms with Crippen LogP contribution in [0.5, 0.6) is 5.75 Å². The fourth-order valence-corrected chi connectivity index (χ4v) is 2.87. The van der Waals surface area contributed by atoms with Gasteiger partial charge in [-0.3, -0.25) is 4.79 Å². The molecule has 0 aromatic heterocycles. The van der Waals surface area contributed by atoms with Crippen molar-refractivity contribution in [2.75, 3.05) is 6.61 Å². The van der Waals surface area contributed by atoms with E-state index in [9.17, 15) is 20.0 Å². The maximum absolute atomic E-state index is 12.1. The lowest BCUT2D eigenvalue weighted by atomic mass is 9.98. The van der Waals surface area contributed by atoms with E-state index in [-0.39, 0.29) is 11.7 Å². The number of amides is 1. The van der Waals surface area contributed by atoms with Gasteiger partial charge in [0.25, 0.3) is 5.91 Å². The molecule has 0 saturated heterocycles. The van der Waals surface area contributed by atoms with Crippen molar-refractivity contribution < 1.29 is 19.4 Å². The van der Waals surface area contributed by atoms with Crippen molar-refractivity contribution in [3.63, 3.8) is 0 Å². The van der Waals surface area contributed by atoms with Crippen LogP contribution in [0.4, 0.5) is 0 Å². The molecule has 6 nitrogen and oxygen atoms in total. The third-order valence-electron chi connectivity index (χ3n) is 4.68. The van der Waals surface area contributed by atoms with Crippen molar-refractivity contribution in [3.8, 4) is 22.9 Å². The molecular formula is C21H20N2O4. The van der Waals surface area contributed by atoms with E-state index in [1.165, 1.54) is 0 Å². The summed E-state index contributed by atoms with van der Waals surface area (Å²) in [7, 11) is 0. The van der Waals surface area contributed by atoms with Crippen molar-refractivity contribution in [1.82, 2.24) is 5.32 Å². The highest BCUT2D eigenvalue weighted by Gasteiger charge is 2.43. The van der Waals surface area contributed by atoms with Crippen LogP contribution in [0.3, 0.4) is 0 Å². The summed E-state index contributed by atoms with van der Waals surface area (Å²) in [5, 5.41) is 21.2. The molecule has 1 amide bonds. The van der Waals surface area contributed by atoms with Crippen molar-refractivity contribution in [3.05, 3.63) is 54.1 Å². The van der Waals surface area contributed by atoms with Crippen molar-refractivity contribution in [2.45, 2.75) is 25.3 Å². The van der Waals surface area contributed by atoms with Crippen LogP contribution in [-0.4, -0.2) is 29.1 Å². The minimum atomic E-state index is -0.907. The predicted octanol–water partition coefficient (Wildman–Crippen LogP) is 3.02. The van der Waals surface area contributed by atoms with Gasteiger partial charge in [0, 0.05) is 0 Å². The maximum Gasteiger partial charge on any atom is 0.338 e. The number of ether oxygens (including phenoxy) is 1. The third-order valence-corrected chi connectivity index (χ3v) is 4.68. The van der Waals surface area contributed by atoms with E-state index >= 15 is 0 Å². The Hall–Kier alpha value is -3.33. The zero-order chi connectivity index (χ0) is 19.4. The Morgan fingerprint density at radius 2 is 1.70 bits per heavy atom. The van der Waals surface area contributed by atoms with Gasteiger partial charge >= 0.3 is 5.97 Å². The summed E-state index contributed by atoms with van der Waals surface area (Å²) in [5.74, 6) is -0.742. The number of rotatable bonds is 6. The van der Waals surface area contributed by atoms with Crippen LogP contribution < -0.4 is 5.32 Å². The highest BCUT2D eigenvalue weighted by Crippen LogP contribution is 2.39. The molecule has 27 heavy (non-hydrogen) atoms. The van der Waals surface area contributed by atoms with Gasteiger partial charge in [0.2, 0.25) is 0 Å². The molecule has 1 aliphatic carbocycles. The number of phenols is 1. The number of carbonyl (C=O) groups is 2. The molecule has 0 radical (unpaired) electrons. The maximum atomic E-state index is 12.1. The van der Waals surface area contributed by atoms with Gasteiger partial charge in [0.1, 0.15) is 11.3 Å². The molecule has 2 aromatic carbocycles. The van der Waals surface area contributed by atoms with Crippen LogP contribution in [0.15, 0.2) is 48.5 Å². The van der Waals surface area contributed by atoms with Gasteiger partial charge in [-0.15, -0.1) is 0 Å². The lowest BCUT2D eigenvalue weighted by Crippen LogP contribution is -2.48. The molecule has 2 N–H and O–H groups in total. The second-order valence-corrected chi connectivity index (χ2v) is 6.84. The highest BCUT2D eigenvalue weighted by atomic mass is 16.5. The Labute approximate surface area is 157 Å². The molecule has 6 heteroatoms. The second kappa shape index (κ2) is 7.50. The zero-order valence-corrected chi connectivity index (χ0v) is 14.9. The number of nitrogens with zero attached hydrogens (tertiary/aromatic N) is 1. The average Bonchev–Trinajstić information content (AvgIpc) is 3.52. The van der Waals surface area contributed by atoms with Crippen molar-refractivity contribution >= 4 is 11.9 Å². The first-order valence-electron chi connectivity index (χ1n) is 8.70. The number of carbonyl (C=O) groups excluding carboxylic acids is 2. The molecule has 138 valence electrons. The van der Waals surface area contributed by atoms with Crippen LogP contribution >= 0.6 is 0 Å². The van der Waals surface area contributed by atoms with Crippen LogP contribution in [0, 0.1) is 17.2 Å². The van der Waals surface area contributed by atoms with Crippen LogP contribution in [0.25, 0.3) is 11.1 Å². The summed E-state index contributed by atoms with van der Waals surface area (Å²) >= 11 is 0. The fraction of sp³-hybridized carbons (Fsp3) is 0.286. The molecule has 0 aliphatic heterocycles. The Morgan fingerprint density at radius 3 is 2.22 bits per heavy atom. The number of esters is 1. The van der Waals surface area contributed by atoms with Crippen LogP contribution in [0.1, 0.15) is 30.1 Å². The Balaban J connectivity index is 1.56. The summed E-state index contributed by atoms with van der Waals surface area (Å²) in [6, 6.07) is 15.6. The topological polar surface area (TPSA) is 99.4 Å². The average molecular weight is 364 g/mol. The standard InChI is InChI=1S/C21H20N2O4/c1-21(13-22,17-8-9-17)23-19(25)12-27-20(26)16-4-2-14(3-5-16)15-6-10-18(24)11-7-15/h2-7,10-11,17,24H,8-9,12H2,1H3,(H,23,25)/t21-/m0/s1. The molecule has 0 bridgehead atoms. The van der Waals surface area contributed by atoms with Gasteiger partial charge in [-0.1, -0.05) is 24.3 Å². The molecule has 3 rings (SSSR count). The molecule has 1 fully saturated rings. The highest BCUT2D eigenvalue weighted by molar-refractivity contribution is 5.92. The van der Waals surface area contributed by atoms with E-state index in [2.05, 4.69) is 11.4 Å². The van der Waals surface area contributed by atoms with Crippen molar-refractivity contribution in [2.24, 2.45) is 5.92 Å². The number of nitrogens with one attached hydrogen (secondary N) is 1. The fourth-order valence-electron chi connectivity index (χ4n) is 2.87. The number of nitriles is 1. The van der Waals surface area contributed by atoms with E-state index in [1.54, 1.807) is 55.5 Å². The number of hydrogen-bond donors (Lipinski definition) is 2. The minimum absolute atomic E-state index is 0.162. The summed E-state index contributed by atoms with van der Waals surface area (Å²) in [4.78, 5) is 24.1. The number of phenolic OH excluding ortho intramolecular Hbond substituents is 1. The normalized spacial score (nSPS) is 15.3. The Bertz CT molecular complexity index is 880. The molecule has 1 saturated carbocycles. The molecule has 2 aromatic rings. The number of aromatic hydroxyl groups is 1. The van der Waals surface area contributed by atoms with Gasteiger partial charge < -0.3 is 15.2 Å². The molecule has 1 atom stereocenters. The van der Waals surface area contributed by atoms with Crippen LogP contribution in [-0.2, 0) is 9.53 Å². The molecule has 1 aliphatic rings. The lowest BCUT2D eigenvalue weighted by Gasteiger charge is -2.22. The van der Waals surface area contributed by atoms with E-state index in [4.69, 9.17) is 4.74 Å². The van der Waals surface area contributed by atoms with E-state index in [1.807, 2.05) is 0 Å². The zero-order valence-electron chi connectivity index (χ0n) is 14.9. The SMILES string of the molecule is C[C@@](C#N)(NC(=O)COC(=O)c1ccc(-c2ccc(O)cc2)cc1)C1CC1. The Morgan fingerprint density at radius 1 is 1.15 bits per heavy atom. The van der Waals surface area contributed by atoms with E-state index in [0.717, 1.165) is 24.0 Å². The van der Waals surface area contributed by atoms with E-state index in [0.29, 0.717) is 5.56 Å². The Kier molecular flexibility index (Phi) is 5.13. The molecule has 0 heterocycles. The van der Waals surface area contributed by atoms with Gasteiger partial charge in [-0.25, -0.2) is 4.79 Å².